The van der Waals surface area contributed by atoms with Gasteiger partial charge in [-0.15, -0.1) is 0 Å². The Hall–Kier alpha value is -2.10. The second-order valence-corrected chi connectivity index (χ2v) is 8.18. The predicted molar refractivity (Wildman–Crippen MR) is 121 cm³/mol. The molecule has 31 heavy (non-hydrogen) atoms. The predicted octanol–water partition coefficient (Wildman–Crippen LogP) is 2.15. The summed E-state index contributed by atoms with van der Waals surface area (Å²) in [6.07, 6.45) is 7.15. The highest BCUT2D eigenvalue weighted by molar-refractivity contribution is 5.99. The van der Waals surface area contributed by atoms with E-state index in [2.05, 4.69) is 32.4 Å². The van der Waals surface area contributed by atoms with E-state index < -0.39 is 0 Å². The van der Waals surface area contributed by atoms with Crippen molar-refractivity contribution in [2.45, 2.75) is 58.0 Å². The lowest BCUT2D eigenvalue weighted by atomic mass is 9.96. The first kappa shape index (κ1) is 23.6. The summed E-state index contributed by atoms with van der Waals surface area (Å²) >= 11 is 0. The summed E-state index contributed by atoms with van der Waals surface area (Å²) < 4.78 is 5.37. The highest BCUT2D eigenvalue weighted by Gasteiger charge is 2.19. The molecule has 2 heterocycles. The molecule has 3 rings (SSSR count). The van der Waals surface area contributed by atoms with Crippen LogP contribution in [0, 0.1) is 0 Å². The lowest BCUT2D eigenvalue weighted by Crippen LogP contribution is -2.38. The van der Waals surface area contributed by atoms with Crippen LogP contribution in [0.3, 0.4) is 0 Å². The average molecular weight is 433 g/mol. The molecular weight excluding hydrogens is 396 g/mol. The van der Waals surface area contributed by atoms with Crippen molar-refractivity contribution in [1.29, 1.82) is 0 Å². The Balaban J connectivity index is 1.62. The summed E-state index contributed by atoms with van der Waals surface area (Å²) in [6.45, 7) is 7.91. The molecule has 0 spiro atoms. The number of aromatic nitrogens is 2. The van der Waals surface area contributed by atoms with Gasteiger partial charge < -0.3 is 20.5 Å². The van der Waals surface area contributed by atoms with Gasteiger partial charge in [-0.3, -0.25) is 9.69 Å². The first-order chi connectivity index (χ1) is 15.2. The Morgan fingerprint density at radius 2 is 2.03 bits per heavy atom. The largest absolute Gasteiger partial charge is 0.393 e. The molecule has 3 N–H and O–H groups in total. The minimum Gasteiger partial charge on any atom is -0.393 e. The van der Waals surface area contributed by atoms with Crippen molar-refractivity contribution in [1.82, 2.24) is 20.2 Å². The number of carbonyl (C=O) groups excluding carboxylic acids is 1. The van der Waals surface area contributed by atoms with Crippen LogP contribution in [0.15, 0.2) is 11.2 Å². The van der Waals surface area contributed by atoms with Gasteiger partial charge in [-0.05, 0) is 45.1 Å². The zero-order valence-corrected chi connectivity index (χ0v) is 18.6. The van der Waals surface area contributed by atoms with E-state index in [-0.39, 0.29) is 12.0 Å². The summed E-state index contributed by atoms with van der Waals surface area (Å²) in [4.78, 5) is 28.7. The van der Waals surface area contributed by atoms with Gasteiger partial charge >= 0.3 is 0 Å². The van der Waals surface area contributed by atoms with Gasteiger partial charge in [-0.1, -0.05) is 13.3 Å². The lowest BCUT2D eigenvalue weighted by Gasteiger charge is -2.26. The highest BCUT2D eigenvalue weighted by atomic mass is 16.5. The van der Waals surface area contributed by atoms with Crippen LogP contribution in [0.25, 0.3) is 0 Å². The second kappa shape index (κ2) is 12.7. The average Bonchev–Trinajstić information content (AvgIpc) is 2.79. The van der Waals surface area contributed by atoms with E-state index in [1.807, 2.05) is 0 Å². The molecule has 1 aliphatic carbocycles. The summed E-state index contributed by atoms with van der Waals surface area (Å²) in [5, 5.41) is 15.9. The molecule has 1 saturated heterocycles. The Labute approximate surface area is 184 Å². The van der Waals surface area contributed by atoms with Crippen molar-refractivity contribution >= 4 is 23.4 Å². The molecule has 0 atom stereocenters. The number of rotatable bonds is 10. The van der Waals surface area contributed by atoms with Gasteiger partial charge in [0.25, 0.3) is 5.91 Å². The number of nitrogens with one attached hydrogen (secondary N) is 2. The molecular formula is C22H36N6O3. The van der Waals surface area contributed by atoms with Crippen LogP contribution >= 0.6 is 0 Å². The number of hydrogen-bond donors (Lipinski definition) is 3. The van der Waals surface area contributed by atoms with Gasteiger partial charge in [0.2, 0.25) is 5.95 Å². The zero-order valence-electron chi connectivity index (χ0n) is 18.6. The molecule has 1 aromatic heterocycles. The molecule has 172 valence electrons. The number of anilines is 1. The van der Waals surface area contributed by atoms with Gasteiger partial charge in [0.15, 0.2) is 5.82 Å². The van der Waals surface area contributed by atoms with Gasteiger partial charge in [0.1, 0.15) is 5.56 Å². The standard InChI is InChI=1S/C22H36N6O3/c1-2-3-9-24-22-25-16-19(20(27-22)26-17-5-7-18(29)8-6-17)21(30)23-10-4-11-28-12-14-31-15-13-28/h16,18,29H,2-15H2,1H3,(H,23,30)(H,24,25,27). The molecule has 1 aromatic rings. The first-order valence-corrected chi connectivity index (χ1v) is 11.6. The smallest absolute Gasteiger partial charge is 0.256 e. The number of aliphatic imine (C=N–C) groups is 1. The number of nitrogens with zero attached hydrogens (tertiary/aromatic N) is 4. The van der Waals surface area contributed by atoms with Crippen molar-refractivity contribution in [2.24, 2.45) is 4.99 Å². The number of aliphatic hydroxyl groups excluding tert-OH is 1. The van der Waals surface area contributed by atoms with Gasteiger partial charge in [-0.25, -0.2) is 9.98 Å². The van der Waals surface area contributed by atoms with E-state index in [4.69, 9.17) is 9.73 Å². The summed E-state index contributed by atoms with van der Waals surface area (Å²) in [5.41, 5.74) is 1.37. The van der Waals surface area contributed by atoms with Crippen molar-refractivity contribution in [3.8, 4) is 0 Å². The monoisotopic (exact) mass is 432 g/mol. The van der Waals surface area contributed by atoms with Gasteiger partial charge in [0, 0.05) is 38.1 Å². The maximum atomic E-state index is 12.8. The topological polar surface area (TPSA) is 112 Å². The quantitative estimate of drug-likeness (QED) is 0.486. The maximum Gasteiger partial charge on any atom is 0.256 e. The molecule has 0 aromatic carbocycles. The normalized spacial score (nSPS) is 19.8. The van der Waals surface area contributed by atoms with Crippen LogP contribution in [-0.2, 0) is 4.74 Å². The molecule has 1 amide bonds. The highest BCUT2D eigenvalue weighted by Crippen LogP contribution is 2.23. The molecule has 0 bridgehead atoms. The summed E-state index contributed by atoms with van der Waals surface area (Å²) in [6, 6.07) is 0. The van der Waals surface area contributed by atoms with Crippen molar-refractivity contribution in [3.05, 3.63) is 11.8 Å². The maximum absolute atomic E-state index is 12.8. The van der Waals surface area contributed by atoms with Crippen molar-refractivity contribution in [2.75, 3.05) is 51.3 Å². The Morgan fingerprint density at radius 3 is 2.77 bits per heavy atom. The minimum atomic E-state index is -0.259. The fourth-order valence-electron chi connectivity index (χ4n) is 3.70. The number of carbonyl (C=O) groups is 1. The third-order valence-electron chi connectivity index (χ3n) is 5.66. The third-order valence-corrected chi connectivity index (χ3v) is 5.66. The van der Waals surface area contributed by atoms with Crippen LogP contribution in [0.5, 0.6) is 0 Å². The van der Waals surface area contributed by atoms with E-state index in [1.165, 1.54) is 0 Å². The van der Waals surface area contributed by atoms with E-state index >= 15 is 0 Å². The number of aliphatic hydroxyl groups is 1. The van der Waals surface area contributed by atoms with E-state index in [1.54, 1.807) is 6.20 Å². The Bertz CT molecular complexity index is 726. The fraction of sp³-hybridized carbons (Fsp3) is 0.727. The molecule has 0 radical (unpaired) electrons. The lowest BCUT2D eigenvalue weighted by molar-refractivity contribution is 0.0374. The number of morpholine rings is 1. The Morgan fingerprint density at radius 1 is 1.26 bits per heavy atom. The molecule has 2 fully saturated rings. The zero-order chi connectivity index (χ0) is 21.9. The molecule has 1 saturated carbocycles. The van der Waals surface area contributed by atoms with Crippen LogP contribution < -0.4 is 10.6 Å². The van der Waals surface area contributed by atoms with Crippen LogP contribution in [0.2, 0.25) is 0 Å². The van der Waals surface area contributed by atoms with Crippen molar-refractivity contribution < 1.29 is 14.6 Å². The molecule has 9 nitrogen and oxygen atoms in total. The minimum absolute atomic E-state index is 0.197. The van der Waals surface area contributed by atoms with Crippen LogP contribution in [-0.4, -0.2) is 83.6 Å². The molecule has 0 unspecified atom stereocenters. The second-order valence-electron chi connectivity index (χ2n) is 8.18. The fourth-order valence-corrected chi connectivity index (χ4v) is 3.70. The SMILES string of the molecule is CCCCNc1ncc(C(=O)NCCCN2CCOCC2)c(N=C2CCC(O)CC2)n1. The Kier molecular flexibility index (Phi) is 9.64. The van der Waals surface area contributed by atoms with E-state index in [0.717, 1.165) is 77.2 Å². The summed E-state index contributed by atoms with van der Waals surface area (Å²) in [7, 11) is 0. The van der Waals surface area contributed by atoms with Gasteiger partial charge in [-0.2, -0.15) is 4.98 Å². The molecule has 2 aliphatic rings. The van der Waals surface area contributed by atoms with Crippen molar-refractivity contribution in [3.63, 3.8) is 0 Å². The number of unbranched alkanes of at least 4 members (excludes halogenated alkanes) is 1. The molecule has 9 heteroatoms. The molecule has 1 aliphatic heterocycles. The van der Waals surface area contributed by atoms with Gasteiger partial charge in [0.05, 0.1) is 19.3 Å². The van der Waals surface area contributed by atoms with Crippen LogP contribution in [0.4, 0.5) is 11.8 Å². The first-order valence-electron chi connectivity index (χ1n) is 11.6. The van der Waals surface area contributed by atoms with E-state index in [9.17, 15) is 9.90 Å². The van der Waals surface area contributed by atoms with E-state index in [0.29, 0.717) is 36.7 Å². The summed E-state index contributed by atoms with van der Waals surface area (Å²) in [5.74, 6) is 0.704. The number of hydrogen-bond acceptors (Lipinski definition) is 8. The number of ether oxygens (including phenoxy) is 1. The third kappa shape index (κ3) is 7.83. The number of amides is 1. The van der Waals surface area contributed by atoms with Crippen LogP contribution in [0.1, 0.15) is 62.2 Å².